The average molecular weight is 309 g/mol. The first kappa shape index (κ1) is 16.9. The Balaban J connectivity index is 2.07. The molecule has 4 nitrogen and oxygen atoms in total. The molecule has 22 heavy (non-hydrogen) atoms. The van der Waals surface area contributed by atoms with Crippen LogP contribution in [0.1, 0.15) is 49.3 Å². The van der Waals surface area contributed by atoms with Crippen molar-refractivity contribution in [1.82, 2.24) is 5.32 Å². The Bertz CT molecular complexity index is 527. The maximum absolute atomic E-state index is 13.1. The van der Waals surface area contributed by atoms with Crippen molar-refractivity contribution in [2.75, 3.05) is 13.7 Å². The molecule has 122 valence electrons. The molecule has 0 heterocycles. The lowest BCUT2D eigenvalue weighted by Gasteiger charge is -2.36. The average Bonchev–Trinajstić information content (AvgIpc) is 2.52. The topological polar surface area (TPSA) is 58.6 Å². The third kappa shape index (κ3) is 3.65. The Labute approximate surface area is 130 Å². The molecule has 0 aliphatic heterocycles. The van der Waals surface area contributed by atoms with Crippen LogP contribution in [-0.2, 0) is 9.53 Å². The standard InChI is InChI=1S/C17H24FNO3/c1-12-10-13(18)6-7-14(12)15(20)11-19-17(16(21)22-2)8-4-3-5-9-17/h6-7,10,15,19-20H,3-5,8-9,11H2,1-2H3. The Morgan fingerprint density at radius 1 is 1.41 bits per heavy atom. The number of hydrogen-bond acceptors (Lipinski definition) is 4. The van der Waals surface area contributed by atoms with Crippen molar-refractivity contribution < 1.29 is 19.0 Å². The van der Waals surface area contributed by atoms with Crippen LogP contribution in [0.15, 0.2) is 18.2 Å². The number of halogens is 1. The van der Waals surface area contributed by atoms with Crippen LogP contribution in [0.25, 0.3) is 0 Å². The van der Waals surface area contributed by atoms with Crippen molar-refractivity contribution in [3.63, 3.8) is 0 Å². The Morgan fingerprint density at radius 2 is 2.09 bits per heavy atom. The van der Waals surface area contributed by atoms with E-state index in [-0.39, 0.29) is 18.3 Å². The number of hydrogen-bond donors (Lipinski definition) is 2. The summed E-state index contributed by atoms with van der Waals surface area (Å²) in [5, 5.41) is 13.6. The van der Waals surface area contributed by atoms with E-state index < -0.39 is 11.6 Å². The van der Waals surface area contributed by atoms with Gasteiger partial charge in [-0.2, -0.15) is 0 Å². The fraction of sp³-hybridized carbons (Fsp3) is 0.588. The van der Waals surface area contributed by atoms with Crippen molar-refractivity contribution in [2.45, 2.75) is 50.7 Å². The predicted molar refractivity (Wildman–Crippen MR) is 81.9 cm³/mol. The smallest absolute Gasteiger partial charge is 0.326 e. The molecule has 1 unspecified atom stereocenters. The highest BCUT2D eigenvalue weighted by Gasteiger charge is 2.40. The zero-order valence-electron chi connectivity index (χ0n) is 13.2. The molecule has 2 N–H and O–H groups in total. The van der Waals surface area contributed by atoms with Crippen LogP contribution >= 0.6 is 0 Å². The van der Waals surface area contributed by atoms with E-state index in [4.69, 9.17) is 4.74 Å². The quantitative estimate of drug-likeness (QED) is 0.821. The summed E-state index contributed by atoms with van der Waals surface area (Å²) in [6.07, 6.45) is 3.69. The fourth-order valence-corrected chi connectivity index (χ4v) is 3.22. The van der Waals surface area contributed by atoms with Gasteiger partial charge < -0.3 is 9.84 Å². The highest BCUT2D eigenvalue weighted by molar-refractivity contribution is 5.80. The molecule has 1 aromatic carbocycles. The molecule has 1 aliphatic rings. The van der Waals surface area contributed by atoms with Gasteiger partial charge in [0.25, 0.3) is 0 Å². The highest BCUT2D eigenvalue weighted by Crippen LogP contribution is 2.30. The van der Waals surface area contributed by atoms with E-state index in [0.717, 1.165) is 32.1 Å². The summed E-state index contributed by atoms with van der Waals surface area (Å²) in [5.74, 6) is -0.588. The van der Waals surface area contributed by atoms with Crippen LogP contribution in [0.2, 0.25) is 0 Å². The zero-order chi connectivity index (χ0) is 16.2. The summed E-state index contributed by atoms with van der Waals surface area (Å²) >= 11 is 0. The molecule has 1 fully saturated rings. The number of methoxy groups -OCH3 is 1. The summed E-state index contributed by atoms with van der Waals surface area (Å²) in [6.45, 7) is 2.00. The number of aliphatic hydroxyl groups excluding tert-OH is 1. The van der Waals surface area contributed by atoms with E-state index in [9.17, 15) is 14.3 Å². The van der Waals surface area contributed by atoms with Gasteiger partial charge in [0.05, 0.1) is 13.2 Å². The van der Waals surface area contributed by atoms with Crippen LogP contribution < -0.4 is 5.32 Å². The maximum Gasteiger partial charge on any atom is 0.326 e. The van der Waals surface area contributed by atoms with Gasteiger partial charge >= 0.3 is 5.97 Å². The van der Waals surface area contributed by atoms with Gasteiger partial charge in [0, 0.05) is 6.54 Å². The molecule has 5 heteroatoms. The van der Waals surface area contributed by atoms with E-state index >= 15 is 0 Å². The molecular weight excluding hydrogens is 285 g/mol. The van der Waals surface area contributed by atoms with Gasteiger partial charge in [-0.05, 0) is 43.0 Å². The van der Waals surface area contributed by atoms with Gasteiger partial charge in [0.1, 0.15) is 11.4 Å². The van der Waals surface area contributed by atoms with Crippen LogP contribution in [0.3, 0.4) is 0 Å². The molecule has 0 radical (unpaired) electrons. The monoisotopic (exact) mass is 309 g/mol. The first-order valence-corrected chi connectivity index (χ1v) is 7.76. The normalized spacial score (nSPS) is 18.7. The number of benzene rings is 1. The number of β-amino-alcohol motifs (C(OH)–C–C–N with tert-alkyl or cyclic N) is 1. The summed E-state index contributed by atoms with van der Waals surface area (Å²) in [5.41, 5.74) is 0.664. The minimum absolute atomic E-state index is 0.238. The third-order valence-corrected chi connectivity index (χ3v) is 4.51. The van der Waals surface area contributed by atoms with Crippen molar-refractivity contribution >= 4 is 5.97 Å². The Morgan fingerprint density at radius 3 is 2.68 bits per heavy atom. The van der Waals surface area contributed by atoms with Crippen molar-refractivity contribution in [2.24, 2.45) is 0 Å². The van der Waals surface area contributed by atoms with E-state index in [1.54, 1.807) is 13.0 Å². The van der Waals surface area contributed by atoms with Gasteiger partial charge in [-0.15, -0.1) is 0 Å². The maximum atomic E-state index is 13.1. The fourth-order valence-electron chi connectivity index (χ4n) is 3.22. The van der Waals surface area contributed by atoms with Crippen LogP contribution in [0, 0.1) is 12.7 Å². The molecule has 0 aromatic heterocycles. The number of aliphatic hydroxyl groups is 1. The van der Waals surface area contributed by atoms with Crippen molar-refractivity contribution in [1.29, 1.82) is 0 Å². The first-order chi connectivity index (χ1) is 10.5. The highest BCUT2D eigenvalue weighted by atomic mass is 19.1. The molecule has 1 saturated carbocycles. The summed E-state index contributed by atoms with van der Waals surface area (Å²) < 4.78 is 18.1. The van der Waals surface area contributed by atoms with Crippen LogP contribution in [0.4, 0.5) is 4.39 Å². The largest absolute Gasteiger partial charge is 0.468 e. The molecule has 1 atom stereocenters. The number of carbonyl (C=O) groups is 1. The second-order valence-electron chi connectivity index (χ2n) is 6.03. The molecular formula is C17H24FNO3. The van der Waals surface area contributed by atoms with E-state index in [0.29, 0.717) is 11.1 Å². The molecule has 0 bridgehead atoms. The second-order valence-corrected chi connectivity index (χ2v) is 6.03. The minimum atomic E-state index is -0.788. The zero-order valence-corrected chi connectivity index (χ0v) is 13.2. The van der Waals surface area contributed by atoms with Crippen molar-refractivity contribution in [3.8, 4) is 0 Å². The summed E-state index contributed by atoms with van der Waals surface area (Å²) in [6, 6.07) is 4.32. The Kier molecular flexibility index (Phi) is 5.53. The SMILES string of the molecule is COC(=O)C1(NCC(O)c2ccc(F)cc2C)CCCCC1. The lowest BCUT2D eigenvalue weighted by atomic mass is 9.81. The number of carbonyl (C=O) groups excluding carboxylic acids is 1. The first-order valence-electron chi connectivity index (χ1n) is 7.76. The molecule has 0 saturated heterocycles. The van der Waals surface area contributed by atoms with E-state index in [2.05, 4.69) is 5.32 Å². The number of rotatable bonds is 5. The molecule has 1 aliphatic carbocycles. The summed E-state index contributed by atoms with van der Waals surface area (Å²) in [4.78, 5) is 12.1. The van der Waals surface area contributed by atoms with Crippen molar-refractivity contribution in [3.05, 3.63) is 35.1 Å². The predicted octanol–water partition coefficient (Wildman–Crippen LogP) is 2.63. The second kappa shape index (κ2) is 7.20. The molecule has 0 spiro atoms. The van der Waals surface area contributed by atoms with Crippen LogP contribution in [0.5, 0.6) is 0 Å². The number of nitrogens with one attached hydrogen (secondary N) is 1. The minimum Gasteiger partial charge on any atom is -0.468 e. The Hall–Kier alpha value is -1.46. The lowest BCUT2D eigenvalue weighted by molar-refractivity contribution is -0.150. The van der Waals surface area contributed by atoms with Gasteiger partial charge in [-0.3, -0.25) is 10.1 Å². The molecule has 0 amide bonds. The van der Waals surface area contributed by atoms with Gasteiger partial charge in [-0.1, -0.05) is 25.3 Å². The van der Waals surface area contributed by atoms with Gasteiger partial charge in [-0.25, -0.2) is 4.39 Å². The molecule has 2 rings (SSSR count). The van der Waals surface area contributed by atoms with Crippen LogP contribution in [-0.4, -0.2) is 30.3 Å². The molecule has 1 aromatic rings. The van der Waals surface area contributed by atoms with Gasteiger partial charge in [0.15, 0.2) is 0 Å². The van der Waals surface area contributed by atoms with Gasteiger partial charge in [0.2, 0.25) is 0 Å². The summed E-state index contributed by atoms with van der Waals surface area (Å²) in [7, 11) is 1.39. The number of aryl methyl sites for hydroxylation is 1. The van der Waals surface area contributed by atoms with E-state index in [1.165, 1.54) is 19.2 Å². The number of esters is 1. The lowest BCUT2D eigenvalue weighted by Crippen LogP contribution is -2.55. The third-order valence-electron chi connectivity index (χ3n) is 4.51. The van der Waals surface area contributed by atoms with E-state index in [1.807, 2.05) is 0 Å². The number of ether oxygens (including phenoxy) is 1.